The molecule has 0 aliphatic carbocycles. The van der Waals surface area contributed by atoms with Crippen molar-refractivity contribution in [1.82, 2.24) is 9.97 Å². The zero-order chi connectivity index (χ0) is 12.0. The third kappa shape index (κ3) is 4.45. The molecule has 1 aromatic heterocycles. The van der Waals surface area contributed by atoms with E-state index in [1.807, 2.05) is 38.2 Å². The Morgan fingerprint density at radius 2 is 2.00 bits per heavy atom. The summed E-state index contributed by atoms with van der Waals surface area (Å²) >= 11 is 3.36. The summed E-state index contributed by atoms with van der Waals surface area (Å²) in [5.41, 5.74) is 1.08. The van der Waals surface area contributed by atoms with Gasteiger partial charge in [-0.25, -0.2) is 9.97 Å². The molecule has 0 N–H and O–H groups in total. The molecule has 16 heavy (non-hydrogen) atoms. The minimum absolute atomic E-state index is 0.269. The molecule has 0 spiro atoms. The second-order valence-corrected chi connectivity index (χ2v) is 4.43. The highest BCUT2D eigenvalue weighted by atomic mass is 79.9. The van der Waals surface area contributed by atoms with Crippen LogP contribution in [0.2, 0.25) is 0 Å². The molecule has 0 bridgehead atoms. The second-order valence-electron chi connectivity index (χ2n) is 3.87. The van der Waals surface area contributed by atoms with Crippen LogP contribution < -0.4 is 4.90 Å². The van der Waals surface area contributed by atoms with Crippen LogP contribution in [0.1, 0.15) is 19.4 Å². The number of rotatable bonds is 6. The van der Waals surface area contributed by atoms with Gasteiger partial charge in [0.05, 0.1) is 12.7 Å². The van der Waals surface area contributed by atoms with Crippen molar-refractivity contribution in [3.05, 3.63) is 18.0 Å². The van der Waals surface area contributed by atoms with Crippen LogP contribution in [0.25, 0.3) is 0 Å². The van der Waals surface area contributed by atoms with E-state index in [2.05, 4.69) is 25.9 Å². The lowest BCUT2D eigenvalue weighted by Gasteiger charge is -2.17. The van der Waals surface area contributed by atoms with E-state index in [9.17, 15) is 0 Å². The molecule has 90 valence electrons. The highest BCUT2D eigenvalue weighted by Gasteiger charge is 2.04. The van der Waals surface area contributed by atoms with Crippen molar-refractivity contribution < 1.29 is 4.74 Å². The van der Waals surface area contributed by atoms with Crippen molar-refractivity contribution in [2.24, 2.45) is 0 Å². The number of hydrogen-bond acceptors (Lipinski definition) is 4. The van der Waals surface area contributed by atoms with Crippen LogP contribution in [0.3, 0.4) is 0 Å². The molecule has 1 aromatic rings. The Balaban J connectivity index is 2.43. The van der Waals surface area contributed by atoms with E-state index >= 15 is 0 Å². The zero-order valence-corrected chi connectivity index (χ0v) is 11.6. The summed E-state index contributed by atoms with van der Waals surface area (Å²) in [5.74, 6) is 0.733. The molecule has 0 saturated heterocycles. The van der Waals surface area contributed by atoms with Gasteiger partial charge in [0.25, 0.3) is 0 Å². The molecule has 1 heterocycles. The smallest absolute Gasteiger partial charge is 0.225 e. The van der Waals surface area contributed by atoms with Crippen LogP contribution >= 0.6 is 15.9 Å². The van der Waals surface area contributed by atoms with Crippen molar-refractivity contribution in [3.63, 3.8) is 0 Å². The highest BCUT2D eigenvalue weighted by Crippen LogP contribution is 2.07. The fraction of sp³-hybridized carbons (Fsp3) is 0.636. The van der Waals surface area contributed by atoms with Gasteiger partial charge in [0.15, 0.2) is 0 Å². The van der Waals surface area contributed by atoms with E-state index in [0.29, 0.717) is 6.61 Å². The molecule has 0 amide bonds. The van der Waals surface area contributed by atoms with Crippen LogP contribution in [0.15, 0.2) is 12.4 Å². The first-order valence-electron chi connectivity index (χ1n) is 5.33. The molecule has 5 heteroatoms. The van der Waals surface area contributed by atoms with Crippen LogP contribution in [-0.4, -0.2) is 36.3 Å². The summed E-state index contributed by atoms with van der Waals surface area (Å²) in [6.45, 7) is 5.55. The van der Waals surface area contributed by atoms with Crippen molar-refractivity contribution in [1.29, 1.82) is 0 Å². The fourth-order valence-electron chi connectivity index (χ4n) is 1.14. The van der Waals surface area contributed by atoms with Gasteiger partial charge in [-0.05, 0) is 19.4 Å². The number of anilines is 1. The minimum Gasteiger partial charge on any atom is -0.377 e. The van der Waals surface area contributed by atoms with Crippen LogP contribution in [-0.2, 0) is 10.1 Å². The first kappa shape index (κ1) is 13.4. The Morgan fingerprint density at radius 3 is 2.50 bits per heavy atom. The molecule has 0 radical (unpaired) electrons. The predicted octanol–water partition coefficient (Wildman–Crippen LogP) is 2.23. The molecule has 1 rings (SSSR count). The van der Waals surface area contributed by atoms with E-state index < -0.39 is 0 Å². The quantitative estimate of drug-likeness (QED) is 0.752. The Hall–Kier alpha value is -0.680. The predicted molar refractivity (Wildman–Crippen MR) is 69.0 cm³/mol. The van der Waals surface area contributed by atoms with Gasteiger partial charge in [-0.3, -0.25) is 0 Å². The number of halogens is 1. The molecule has 0 saturated carbocycles. The maximum Gasteiger partial charge on any atom is 0.225 e. The second kappa shape index (κ2) is 6.81. The monoisotopic (exact) mass is 287 g/mol. The molecule has 0 atom stereocenters. The van der Waals surface area contributed by atoms with Gasteiger partial charge in [0.1, 0.15) is 0 Å². The van der Waals surface area contributed by atoms with Crippen LogP contribution in [0.5, 0.6) is 0 Å². The number of hydrogen-bond donors (Lipinski definition) is 0. The molecule has 0 aliphatic heterocycles. The number of nitrogens with zero attached hydrogens (tertiary/aromatic N) is 3. The highest BCUT2D eigenvalue weighted by molar-refractivity contribution is 9.08. The summed E-state index contributed by atoms with van der Waals surface area (Å²) in [5, 5.41) is 0.785. The first-order chi connectivity index (χ1) is 7.63. The van der Waals surface area contributed by atoms with E-state index in [1.165, 1.54) is 0 Å². The maximum atomic E-state index is 5.47. The number of likely N-dealkylation sites (N-methyl/N-ethyl adjacent to an activating group) is 1. The third-order valence-corrected chi connectivity index (χ3v) is 2.71. The normalized spacial score (nSPS) is 10.8. The van der Waals surface area contributed by atoms with Gasteiger partial charge in [-0.15, -0.1) is 0 Å². The third-order valence-electron chi connectivity index (χ3n) is 2.07. The molecular weight excluding hydrogens is 270 g/mol. The average molecular weight is 288 g/mol. The zero-order valence-electron chi connectivity index (χ0n) is 9.98. The average Bonchev–Trinajstić information content (AvgIpc) is 2.28. The number of ether oxygens (including phenoxy) is 1. The van der Waals surface area contributed by atoms with Crippen molar-refractivity contribution >= 4 is 21.9 Å². The van der Waals surface area contributed by atoms with Gasteiger partial charge < -0.3 is 9.64 Å². The van der Waals surface area contributed by atoms with Gasteiger partial charge in [-0.2, -0.15) is 0 Å². The van der Waals surface area contributed by atoms with E-state index in [1.54, 1.807) is 0 Å². The Bertz CT molecular complexity index is 303. The van der Waals surface area contributed by atoms with E-state index in [0.717, 1.165) is 23.4 Å². The van der Waals surface area contributed by atoms with Crippen LogP contribution in [0.4, 0.5) is 5.95 Å². The Labute approximate surface area is 105 Å². The SMILES string of the molecule is CC(C)OCCN(C)c1ncc(CBr)cn1. The molecule has 0 aliphatic rings. The summed E-state index contributed by atoms with van der Waals surface area (Å²) < 4.78 is 5.47. The Morgan fingerprint density at radius 1 is 1.38 bits per heavy atom. The lowest BCUT2D eigenvalue weighted by molar-refractivity contribution is 0.0844. The standard InChI is InChI=1S/C11H18BrN3O/c1-9(2)16-5-4-15(3)11-13-7-10(6-12)8-14-11/h7-9H,4-6H2,1-3H3. The number of alkyl halides is 1. The molecule has 0 unspecified atom stereocenters. The summed E-state index contributed by atoms with van der Waals surface area (Å²) in [4.78, 5) is 10.5. The molecule has 4 nitrogen and oxygen atoms in total. The van der Waals surface area contributed by atoms with Crippen molar-refractivity contribution in [3.8, 4) is 0 Å². The van der Waals surface area contributed by atoms with E-state index in [4.69, 9.17) is 4.74 Å². The first-order valence-corrected chi connectivity index (χ1v) is 6.45. The Kier molecular flexibility index (Phi) is 5.69. The maximum absolute atomic E-state index is 5.47. The van der Waals surface area contributed by atoms with E-state index in [-0.39, 0.29) is 6.10 Å². The summed E-state index contributed by atoms with van der Waals surface area (Å²) in [6, 6.07) is 0. The molecule has 0 fully saturated rings. The van der Waals surface area contributed by atoms with Crippen molar-refractivity contribution in [2.75, 3.05) is 25.1 Å². The van der Waals surface area contributed by atoms with Gasteiger partial charge in [-0.1, -0.05) is 15.9 Å². The fourth-order valence-corrected chi connectivity index (χ4v) is 1.43. The van der Waals surface area contributed by atoms with Crippen molar-refractivity contribution in [2.45, 2.75) is 25.3 Å². The largest absolute Gasteiger partial charge is 0.377 e. The van der Waals surface area contributed by atoms with Gasteiger partial charge >= 0.3 is 0 Å². The minimum atomic E-state index is 0.269. The summed E-state index contributed by atoms with van der Waals surface area (Å²) in [7, 11) is 1.97. The topological polar surface area (TPSA) is 38.2 Å². The lowest BCUT2D eigenvalue weighted by atomic mass is 10.4. The van der Waals surface area contributed by atoms with Gasteiger partial charge in [0, 0.05) is 31.3 Å². The molecular formula is C11H18BrN3O. The lowest BCUT2D eigenvalue weighted by Crippen LogP contribution is -2.25. The van der Waals surface area contributed by atoms with Crippen LogP contribution in [0, 0.1) is 0 Å². The summed E-state index contributed by atoms with van der Waals surface area (Å²) in [6.07, 6.45) is 3.93. The van der Waals surface area contributed by atoms with Gasteiger partial charge in [0.2, 0.25) is 5.95 Å². The number of aromatic nitrogens is 2. The molecule has 0 aromatic carbocycles.